The number of esters is 1. The number of benzene rings is 1. The molecule has 15 heavy (non-hydrogen) atoms. The number of hydrogen-bond donors (Lipinski definition) is 0. The van der Waals surface area contributed by atoms with E-state index in [-0.39, 0.29) is 11.8 Å². The van der Waals surface area contributed by atoms with Crippen molar-refractivity contribution >= 4 is 5.97 Å². The fraction of sp³-hybridized carbons (Fsp3) is 0.333. The molecule has 1 unspecified atom stereocenters. The molecule has 0 fully saturated rings. The van der Waals surface area contributed by atoms with Crippen LogP contribution in [0.4, 0.5) is 0 Å². The van der Waals surface area contributed by atoms with Crippen LogP contribution in [0.2, 0.25) is 0 Å². The Balaban J connectivity index is 2.95. The van der Waals surface area contributed by atoms with E-state index in [0.717, 1.165) is 5.56 Å². The van der Waals surface area contributed by atoms with E-state index in [1.165, 1.54) is 6.26 Å². The van der Waals surface area contributed by atoms with Gasteiger partial charge in [0.2, 0.25) is 0 Å². The highest BCUT2D eigenvalue weighted by Gasteiger charge is 2.25. The zero-order valence-corrected chi connectivity index (χ0v) is 8.81. The van der Waals surface area contributed by atoms with Gasteiger partial charge in [-0.15, -0.1) is 5.26 Å². The topological polar surface area (TPSA) is 50.1 Å². The summed E-state index contributed by atoms with van der Waals surface area (Å²) in [5, 5.41) is 8.32. The summed E-state index contributed by atoms with van der Waals surface area (Å²) in [5.74, 6) is -0.752. The Morgan fingerprint density at radius 1 is 1.33 bits per heavy atom. The maximum atomic E-state index is 11.5. The van der Waals surface area contributed by atoms with Crippen LogP contribution in [0, 0.1) is 17.4 Å². The molecular weight excluding hydrogens is 190 g/mol. The van der Waals surface area contributed by atoms with Crippen LogP contribution < -0.4 is 0 Å². The van der Waals surface area contributed by atoms with Crippen molar-refractivity contribution in [3.05, 3.63) is 35.9 Å². The predicted octanol–water partition coefficient (Wildman–Crippen LogP) is 2.45. The Hall–Kier alpha value is -1.82. The van der Waals surface area contributed by atoms with Crippen molar-refractivity contribution in [2.75, 3.05) is 0 Å². The molecule has 0 radical (unpaired) electrons. The van der Waals surface area contributed by atoms with Crippen LogP contribution in [0.15, 0.2) is 30.3 Å². The minimum Gasteiger partial charge on any atom is -0.350 e. The van der Waals surface area contributed by atoms with Crippen LogP contribution in [0.1, 0.15) is 25.3 Å². The Morgan fingerprint density at radius 2 is 1.93 bits per heavy atom. The van der Waals surface area contributed by atoms with Crippen molar-refractivity contribution in [2.24, 2.45) is 5.92 Å². The first-order valence-corrected chi connectivity index (χ1v) is 4.81. The summed E-state index contributed by atoms with van der Waals surface area (Å²) in [7, 11) is 0. The molecule has 1 aromatic carbocycles. The van der Waals surface area contributed by atoms with Crippen molar-refractivity contribution < 1.29 is 9.53 Å². The monoisotopic (exact) mass is 203 g/mol. The first-order valence-electron chi connectivity index (χ1n) is 4.81. The van der Waals surface area contributed by atoms with Crippen LogP contribution in [-0.2, 0) is 9.53 Å². The van der Waals surface area contributed by atoms with Crippen LogP contribution in [0.3, 0.4) is 0 Å². The number of rotatable bonds is 3. The van der Waals surface area contributed by atoms with Gasteiger partial charge in [-0.2, -0.15) is 0 Å². The molecule has 0 saturated carbocycles. The normalized spacial score (nSPS) is 11.9. The molecule has 0 N–H and O–H groups in total. The Bertz CT molecular complexity index is 365. The first-order chi connectivity index (χ1) is 7.16. The largest absolute Gasteiger partial charge is 0.350 e. The standard InChI is InChI=1S/C12H13NO2/c1-9(2)11(12(14)15-8-13)10-6-4-3-5-7-10/h3-7,9,11H,1-2H3. The number of ether oxygens (including phenoxy) is 1. The number of nitriles is 1. The van der Waals surface area contributed by atoms with E-state index >= 15 is 0 Å². The van der Waals surface area contributed by atoms with Gasteiger partial charge in [0.25, 0.3) is 6.26 Å². The maximum absolute atomic E-state index is 11.5. The second-order valence-corrected chi connectivity index (χ2v) is 3.64. The molecule has 0 amide bonds. The summed E-state index contributed by atoms with van der Waals surface area (Å²) >= 11 is 0. The molecule has 1 aromatic rings. The van der Waals surface area contributed by atoms with Crippen LogP contribution >= 0.6 is 0 Å². The molecule has 1 atom stereocenters. The summed E-state index contributed by atoms with van der Waals surface area (Å²) in [6.07, 6.45) is 1.42. The molecule has 78 valence electrons. The molecule has 3 heteroatoms. The fourth-order valence-corrected chi connectivity index (χ4v) is 1.56. The lowest BCUT2D eigenvalue weighted by molar-refractivity contribution is -0.139. The molecular formula is C12H13NO2. The van der Waals surface area contributed by atoms with Gasteiger partial charge in [0.15, 0.2) is 0 Å². The molecule has 0 spiro atoms. The minimum atomic E-state index is -0.487. The zero-order valence-electron chi connectivity index (χ0n) is 8.81. The van der Waals surface area contributed by atoms with Gasteiger partial charge in [0.05, 0.1) is 5.92 Å². The molecule has 0 aliphatic heterocycles. The van der Waals surface area contributed by atoms with E-state index in [4.69, 9.17) is 5.26 Å². The summed E-state index contributed by atoms with van der Waals surface area (Å²) in [4.78, 5) is 11.5. The number of hydrogen-bond acceptors (Lipinski definition) is 3. The molecule has 0 aliphatic carbocycles. The van der Waals surface area contributed by atoms with E-state index in [0.29, 0.717) is 0 Å². The van der Waals surface area contributed by atoms with Gasteiger partial charge in [-0.05, 0) is 11.5 Å². The van der Waals surface area contributed by atoms with Crippen LogP contribution in [-0.4, -0.2) is 5.97 Å². The molecule has 0 bridgehead atoms. The van der Waals surface area contributed by atoms with Gasteiger partial charge < -0.3 is 4.74 Å². The zero-order chi connectivity index (χ0) is 11.3. The van der Waals surface area contributed by atoms with Crippen molar-refractivity contribution in [1.82, 2.24) is 0 Å². The molecule has 0 saturated heterocycles. The van der Waals surface area contributed by atoms with Crippen LogP contribution in [0.25, 0.3) is 0 Å². The van der Waals surface area contributed by atoms with E-state index in [9.17, 15) is 4.79 Å². The van der Waals surface area contributed by atoms with Crippen LogP contribution in [0.5, 0.6) is 0 Å². The first kappa shape index (κ1) is 11.3. The third kappa shape index (κ3) is 2.81. The Morgan fingerprint density at radius 3 is 2.40 bits per heavy atom. The quantitative estimate of drug-likeness (QED) is 0.560. The van der Waals surface area contributed by atoms with Crippen molar-refractivity contribution in [2.45, 2.75) is 19.8 Å². The van der Waals surface area contributed by atoms with E-state index < -0.39 is 5.97 Å². The average molecular weight is 203 g/mol. The average Bonchev–Trinajstić information content (AvgIpc) is 2.19. The third-order valence-electron chi connectivity index (χ3n) is 2.23. The van der Waals surface area contributed by atoms with Gasteiger partial charge in [-0.1, -0.05) is 44.2 Å². The fourth-order valence-electron chi connectivity index (χ4n) is 1.56. The summed E-state index contributed by atoms with van der Waals surface area (Å²) in [6, 6.07) is 9.35. The summed E-state index contributed by atoms with van der Waals surface area (Å²) in [6.45, 7) is 3.85. The maximum Gasteiger partial charge on any atom is 0.329 e. The summed E-state index contributed by atoms with van der Waals surface area (Å²) < 4.78 is 4.39. The highest BCUT2D eigenvalue weighted by molar-refractivity contribution is 5.79. The van der Waals surface area contributed by atoms with Crippen molar-refractivity contribution in [3.63, 3.8) is 0 Å². The van der Waals surface area contributed by atoms with E-state index in [2.05, 4.69) is 4.74 Å². The minimum absolute atomic E-state index is 0.105. The summed E-state index contributed by atoms with van der Waals surface area (Å²) in [5.41, 5.74) is 0.882. The van der Waals surface area contributed by atoms with E-state index in [1.54, 1.807) is 0 Å². The van der Waals surface area contributed by atoms with Crippen molar-refractivity contribution in [1.29, 1.82) is 5.26 Å². The Labute approximate surface area is 89.3 Å². The number of nitrogens with zero attached hydrogens (tertiary/aromatic N) is 1. The SMILES string of the molecule is CC(C)C(C(=O)OC#N)c1ccccc1. The molecule has 0 aliphatic rings. The molecule has 3 nitrogen and oxygen atoms in total. The van der Waals surface area contributed by atoms with Crippen molar-refractivity contribution in [3.8, 4) is 6.26 Å². The third-order valence-corrected chi connectivity index (χ3v) is 2.23. The van der Waals surface area contributed by atoms with E-state index in [1.807, 2.05) is 44.2 Å². The molecule has 0 aromatic heterocycles. The lowest BCUT2D eigenvalue weighted by atomic mass is 9.89. The number of carbonyl (C=O) groups excluding carboxylic acids is 1. The lowest BCUT2D eigenvalue weighted by Gasteiger charge is -2.17. The molecule has 0 heterocycles. The smallest absolute Gasteiger partial charge is 0.329 e. The van der Waals surface area contributed by atoms with Gasteiger partial charge >= 0.3 is 5.97 Å². The van der Waals surface area contributed by atoms with Gasteiger partial charge in [-0.25, -0.2) is 0 Å². The lowest BCUT2D eigenvalue weighted by Crippen LogP contribution is -2.19. The highest BCUT2D eigenvalue weighted by atomic mass is 16.5. The predicted molar refractivity (Wildman–Crippen MR) is 55.7 cm³/mol. The van der Waals surface area contributed by atoms with Gasteiger partial charge in [0, 0.05) is 0 Å². The molecule has 1 rings (SSSR count). The highest BCUT2D eigenvalue weighted by Crippen LogP contribution is 2.25. The number of carbonyl (C=O) groups is 1. The second kappa shape index (κ2) is 5.16. The van der Waals surface area contributed by atoms with Gasteiger partial charge in [0.1, 0.15) is 0 Å². The Kier molecular flexibility index (Phi) is 3.87. The second-order valence-electron chi connectivity index (χ2n) is 3.64. The van der Waals surface area contributed by atoms with Gasteiger partial charge in [-0.3, -0.25) is 4.79 Å².